The maximum absolute atomic E-state index is 10.9. The van der Waals surface area contributed by atoms with Crippen LogP contribution in [0.1, 0.15) is 26.2 Å². The molecule has 4 heteroatoms. The fourth-order valence-corrected chi connectivity index (χ4v) is 0.997. The number of nitrogens with two attached hydrogens (primary N) is 1. The van der Waals surface area contributed by atoms with Gasteiger partial charge in [0.1, 0.15) is 0 Å². The second-order valence-electron chi connectivity index (χ2n) is 2.87. The van der Waals surface area contributed by atoms with E-state index in [-0.39, 0.29) is 11.9 Å². The Morgan fingerprint density at radius 3 is 2.75 bits per heavy atom. The fourth-order valence-electron chi connectivity index (χ4n) is 0.997. The van der Waals surface area contributed by atoms with Gasteiger partial charge in [0.05, 0.1) is 13.0 Å². The molecule has 0 aromatic rings. The van der Waals surface area contributed by atoms with E-state index in [9.17, 15) is 4.79 Å². The van der Waals surface area contributed by atoms with Crippen molar-refractivity contribution in [3.05, 3.63) is 0 Å². The number of unbranched alkanes of at least 4 members (excludes halogenated alkanes) is 1. The number of nitrogens with one attached hydrogen (secondary N) is 1. The van der Waals surface area contributed by atoms with Crippen LogP contribution < -0.4 is 11.3 Å². The van der Waals surface area contributed by atoms with E-state index in [0.29, 0.717) is 0 Å². The van der Waals surface area contributed by atoms with Gasteiger partial charge in [-0.2, -0.15) is 0 Å². The van der Waals surface area contributed by atoms with E-state index >= 15 is 0 Å². The van der Waals surface area contributed by atoms with E-state index in [4.69, 9.17) is 5.84 Å². The van der Waals surface area contributed by atoms with Crippen molar-refractivity contribution in [3.63, 3.8) is 0 Å². The van der Waals surface area contributed by atoms with Gasteiger partial charge in [-0.3, -0.25) is 16.1 Å². The predicted molar refractivity (Wildman–Crippen MR) is 47.2 cm³/mol. The number of carbonyl (C=O) groups is 1. The lowest BCUT2D eigenvalue weighted by Crippen LogP contribution is -2.23. The summed E-state index contributed by atoms with van der Waals surface area (Å²) in [4.78, 5) is 10.9. The molecule has 0 radical (unpaired) electrons. The first-order valence-electron chi connectivity index (χ1n) is 4.23. The summed E-state index contributed by atoms with van der Waals surface area (Å²) in [7, 11) is 1.42. The molecule has 0 aliphatic rings. The van der Waals surface area contributed by atoms with Crippen LogP contribution in [0, 0.1) is 5.92 Å². The van der Waals surface area contributed by atoms with Crippen LogP contribution in [0.15, 0.2) is 0 Å². The van der Waals surface area contributed by atoms with Crippen molar-refractivity contribution in [2.75, 3.05) is 13.7 Å². The monoisotopic (exact) mass is 174 g/mol. The summed E-state index contributed by atoms with van der Waals surface area (Å²) in [6, 6.07) is 0. The summed E-state index contributed by atoms with van der Waals surface area (Å²) >= 11 is 0. The van der Waals surface area contributed by atoms with Crippen LogP contribution in [-0.4, -0.2) is 19.6 Å². The Morgan fingerprint density at radius 1 is 1.58 bits per heavy atom. The molecule has 0 aliphatic heterocycles. The van der Waals surface area contributed by atoms with Crippen molar-refractivity contribution in [1.29, 1.82) is 0 Å². The molecule has 0 aromatic carbocycles. The molecule has 0 spiro atoms. The van der Waals surface area contributed by atoms with Gasteiger partial charge in [0.25, 0.3) is 0 Å². The van der Waals surface area contributed by atoms with Gasteiger partial charge in [0, 0.05) is 6.54 Å². The zero-order valence-electron chi connectivity index (χ0n) is 7.80. The molecule has 72 valence electrons. The van der Waals surface area contributed by atoms with Gasteiger partial charge in [0.2, 0.25) is 0 Å². The first-order valence-corrected chi connectivity index (χ1v) is 4.23. The van der Waals surface area contributed by atoms with Gasteiger partial charge in [-0.05, 0) is 12.8 Å². The Bertz CT molecular complexity index is 128. The van der Waals surface area contributed by atoms with Crippen LogP contribution >= 0.6 is 0 Å². The lowest BCUT2D eigenvalue weighted by molar-refractivity contribution is -0.145. The van der Waals surface area contributed by atoms with Crippen molar-refractivity contribution < 1.29 is 9.53 Å². The van der Waals surface area contributed by atoms with Gasteiger partial charge >= 0.3 is 5.97 Å². The molecule has 0 saturated heterocycles. The Hall–Kier alpha value is -0.610. The third-order valence-corrected chi connectivity index (χ3v) is 1.81. The van der Waals surface area contributed by atoms with Crippen molar-refractivity contribution in [1.82, 2.24) is 5.43 Å². The molecule has 3 N–H and O–H groups in total. The quantitative estimate of drug-likeness (QED) is 0.265. The van der Waals surface area contributed by atoms with E-state index in [1.54, 1.807) is 0 Å². The average Bonchev–Trinajstić information content (AvgIpc) is 2.10. The topological polar surface area (TPSA) is 64.3 Å². The van der Waals surface area contributed by atoms with Gasteiger partial charge in [-0.25, -0.2) is 0 Å². The van der Waals surface area contributed by atoms with Gasteiger partial charge < -0.3 is 4.74 Å². The first-order chi connectivity index (χ1) is 5.72. The standard InChI is InChI=1S/C8H18N2O2/c1-7(8(11)12-2)5-3-4-6-10-9/h7,10H,3-6,9H2,1-2H3. The SMILES string of the molecule is COC(=O)C(C)CCCCNN. The number of methoxy groups -OCH3 is 1. The molecule has 0 saturated carbocycles. The smallest absolute Gasteiger partial charge is 0.308 e. The van der Waals surface area contributed by atoms with E-state index in [2.05, 4.69) is 10.2 Å². The highest BCUT2D eigenvalue weighted by Crippen LogP contribution is 2.08. The van der Waals surface area contributed by atoms with Crippen LogP contribution in [0.25, 0.3) is 0 Å². The maximum Gasteiger partial charge on any atom is 0.308 e. The van der Waals surface area contributed by atoms with Crippen LogP contribution in [-0.2, 0) is 9.53 Å². The number of ether oxygens (including phenoxy) is 1. The second-order valence-corrected chi connectivity index (χ2v) is 2.87. The van der Waals surface area contributed by atoms with Crippen LogP contribution in [0.3, 0.4) is 0 Å². The van der Waals surface area contributed by atoms with Gasteiger partial charge in [-0.15, -0.1) is 0 Å². The number of hydrogen-bond acceptors (Lipinski definition) is 4. The zero-order chi connectivity index (χ0) is 9.40. The molecule has 0 aliphatic carbocycles. The molecule has 0 bridgehead atoms. The lowest BCUT2D eigenvalue weighted by Gasteiger charge is -2.07. The number of hydrogen-bond donors (Lipinski definition) is 2. The molecule has 1 unspecified atom stereocenters. The van der Waals surface area contributed by atoms with E-state index in [1.807, 2.05) is 6.92 Å². The normalized spacial score (nSPS) is 12.6. The minimum absolute atomic E-state index is 0.00720. The third kappa shape index (κ3) is 5.09. The minimum atomic E-state index is -0.129. The predicted octanol–water partition coefficient (Wildman–Crippen LogP) is 0.429. The summed E-state index contributed by atoms with van der Waals surface area (Å²) in [5, 5.41) is 0. The molecule has 0 rings (SSSR count). The number of hydrazine groups is 1. The molecule has 0 heterocycles. The van der Waals surface area contributed by atoms with Gasteiger partial charge in [0.15, 0.2) is 0 Å². The molecule has 1 atom stereocenters. The summed E-state index contributed by atoms with van der Waals surface area (Å²) < 4.78 is 4.59. The summed E-state index contributed by atoms with van der Waals surface area (Å²) in [5.41, 5.74) is 2.57. The van der Waals surface area contributed by atoms with Crippen LogP contribution in [0.2, 0.25) is 0 Å². The highest BCUT2D eigenvalue weighted by molar-refractivity contribution is 5.71. The van der Waals surface area contributed by atoms with Crippen molar-refractivity contribution >= 4 is 5.97 Å². The fraction of sp³-hybridized carbons (Fsp3) is 0.875. The Balaban J connectivity index is 3.31. The first kappa shape index (κ1) is 11.4. The van der Waals surface area contributed by atoms with Crippen molar-refractivity contribution in [3.8, 4) is 0 Å². The molecular formula is C8H18N2O2. The van der Waals surface area contributed by atoms with E-state index in [0.717, 1.165) is 25.8 Å². The highest BCUT2D eigenvalue weighted by atomic mass is 16.5. The molecule has 12 heavy (non-hydrogen) atoms. The van der Waals surface area contributed by atoms with Crippen molar-refractivity contribution in [2.24, 2.45) is 11.8 Å². The summed E-state index contributed by atoms with van der Waals surface area (Å²) in [5.74, 6) is 4.97. The third-order valence-electron chi connectivity index (χ3n) is 1.81. The zero-order valence-corrected chi connectivity index (χ0v) is 7.80. The van der Waals surface area contributed by atoms with Crippen LogP contribution in [0.5, 0.6) is 0 Å². The minimum Gasteiger partial charge on any atom is -0.469 e. The Labute approximate surface area is 73.4 Å². The summed E-state index contributed by atoms with van der Waals surface area (Å²) in [6.07, 6.45) is 2.87. The number of rotatable bonds is 6. The van der Waals surface area contributed by atoms with Crippen LogP contribution in [0.4, 0.5) is 0 Å². The largest absolute Gasteiger partial charge is 0.469 e. The molecule has 0 amide bonds. The number of esters is 1. The van der Waals surface area contributed by atoms with E-state index in [1.165, 1.54) is 7.11 Å². The molecule has 0 aromatic heterocycles. The van der Waals surface area contributed by atoms with Gasteiger partial charge in [-0.1, -0.05) is 13.3 Å². The van der Waals surface area contributed by atoms with E-state index < -0.39 is 0 Å². The molecule has 4 nitrogen and oxygen atoms in total. The average molecular weight is 174 g/mol. The lowest BCUT2D eigenvalue weighted by atomic mass is 10.0. The Morgan fingerprint density at radius 2 is 2.25 bits per heavy atom. The highest BCUT2D eigenvalue weighted by Gasteiger charge is 2.11. The molecule has 0 fully saturated rings. The summed E-state index contributed by atoms with van der Waals surface area (Å²) in [6.45, 7) is 2.68. The Kier molecular flexibility index (Phi) is 6.70. The van der Waals surface area contributed by atoms with Crippen molar-refractivity contribution in [2.45, 2.75) is 26.2 Å². The second kappa shape index (κ2) is 7.06. The number of carbonyl (C=O) groups excluding carboxylic acids is 1. The maximum atomic E-state index is 10.9. The molecular weight excluding hydrogens is 156 g/mol.